The Hall–Kier alpha value is -1.50. The summed E-state index contributed by atoms with van der Waals surface area (Å²) in [7, 11) is 0. The van der Waals surface area contributed by atoms with Gasteiger partial charge < -0.3 is 4.90 Å². The first-order valence-corrected chi connectivity index (χ1v) is 6.86. The molecular weight excluding hydrogens is 289 g/mol. The van der Waals surface area contributed by atoms with E-state index in [0.717, 1.165) is 12.1 Å². The van der Waals surface area contributed by atoms with Gasteiger partial charge in [-0.15, -0.1) is 0 Å². The van der Waals surface area contributed by atoms with Gasteiger partial charge in [0, 0.05) is 24.4 Å². The summed E-state index contributed by atoms with van der Waals surface area (Å²) in [6.07, 6.45) is -4.35. The summed E-state index contributed by atoms with van der Waals surface area (Å²) >= 11 is 1.44. The van der Waals surface area contributed by atoms with Crippen LogP contribution in [0.25, 0.3) is 0 Å². The summed E-state index contributed by atoms with van der Waals surface area (Å²) in [4.78, 5) is 16.8. The highest BCUT2D eigenvalue weighted by Gasteiger charge is 2.31. The van der Waals surface area contributed by atoms with E-state index in [9.17, 15) is 18.0 Å². The molecule has 1 aliphatic heterocycles. The van der Waals surface area contributed by atoms with Crippen LogP contribution in [-0.2, 0) is 11.0 Å². The summed E-state index contributed by atoms with van der Waals surface area (Å²) in [5.41, 5.74) is -0.0824. The van der Waals surface area contributed by atoms with Crippen LogP contribution in [0.4, 0.5) is 18.9 Å². The number of nitrogens with zero attached hydrogens (tertiary/aromatic N) is 2. The molecule has 0 bridgehead atoms. The summed E-state index contributed by atoms with van der Waals surface area (Å²) in [5, 5.41) is 0.764. The fraction of sp³-hybridized carbons (Fsp3) is 0.385. The Kier molecular flexibility index (Phi) is 4.08. The van der Waals surface area contributed by atoms with Crippen molar-refractivity contribution < 1.29 is 18.0 Å². The molecule has 7 heteroatoms. The number of benzene rings is 1. The average molecular weight is 302 g/mol. The summed E-state index contributed by atoms with van der Waals surface area (Å²) in [5.74, 6) is -0.321. The number of aliphatic imine (C=N–C) groups is 1. The van der Waals surface area contributed by atoms with E-state index in [1.807, 2.05) is 6.92 Å². The summed E-state index contributed by atoms with van der Waals surface area (Å²) in [6, 6.07) is 4.87. The number of amidine groups is 1. The fourth-order valence-corrected chi connectivity index (χ4v) is 2.96. The van der Waals surface area contributed by atoms with Crippen molar-refractivity contribution in [1.82, 2.24) is 0 Å². The Morgan fingerprint density at radius 2 is 1.95 bits per heavy atom. The Labute approximate surface area is 118 Å². The molecule has 0 aromatic heterocycles. The van der Waals surface area contributed by atoms with E-state index in [1.54, 1.807) is 4.90 Å². The van der Waals surface area contributed by atoms with Gasteiger partial charge in [-0.25, -0.2) is 0 Å². The minimum Gasteiger partial charge on any atom is -0.320 e. The normalized spacial score (nSPS) is 21.6. The van der Waals surface area contributed by atoms with E-state index in [0.29, 0.717) is 17.4 Å². The second-order valence-electron chi connectivity index (χ2n) is 4.50. The van der Waals surface area contributed by atoms with Crippen molar-refractivity contribution in [1.29, 1.82) is 0 Å². The van der Waals surface area contributed by atoms with Crippen LogP contribution in [0, 0.1) is 0 Å². The quantitative estimate of drug-likeness (QED) is 0.795. The average Bonchev–Trinajstić information content (AvgIpc) is 2.68. The lowest BCUT2D eigenvalue weighted by Gasteiger charge is -2.18. The Bertz CT molecular complexity index is 540. The SMILES string of the molecule is CC(=O)/N=C1\SC(C)CN1c1ccc(C(F)(F)F)cc1. The lowest BCUT2D eigenvalue weighted by Crippen LogP contribution is -2.25. The van der Waals surface area contributed by atoms with Gasteiger partial charge in [0.05, 0.1) is 5.56 Å². The molecule has 1 aromatic carbocycles. The van der Waals surface area contributed by atoms with Gasteiger partial charge in [0.15, 0.2) is 5.17 Å². The molecule has 0 aliphatic carbocycles. The summed E-state index contributed by atoms with van der Waals surface area (Å²) in [6.45, 7) is 3.94. The fourth-order valence-electron chi connectivity index (χ4n) is 1.88. The van der Waals surface area contributed by atoms with Gasteiger partial charge in [0.1, 0.15) is 0 Å². The van der Waals surface area contributed by atoms with Crippen LogP contribution in [0.15, 0.2) is 29.3 Å². The predicted molar refractivity (Wildman–Crippen MR) is 74.0 cm³/mol. The number of rotatable bonds is 1. The van der Waals surface area contributed by atoms with Crippen LogP contribution >= 0.6 is 11.8 Å². The van der Waals surface area contributed by atoms with Gasteiger partial charge in [0.25, 0.3) is 0 Å². The van der Waals surface area contributed by atoms with E-state index in [-0.39, 0.29) is 11.2 Å². The maximum Gasteiger partial charge on any atom is 0.416 e. The molecule has 20 heavy (non-hydrogen) atoms. The molecule has 1 amide bonds. The second-order valence-corrected chi connectivity index (χ2v) is 5.90. The second kappa shape index (κ2) is 5.47. The Morgan fingerprint density at radius 3 is 2.45 bits per heavy atom. The highest BCUT2D eigenvalue weighted by Crippen LogP contribution is 2.34. The standard InChI is InChI=1S/C13H13F3N2OS/c1-8-7-18(12(20-8)17-9(2)19)11-5-3-10(4-6-11)13(14,15)16/h3-6,8H,7H2,1-2H3/b17-12-. The van der Waals surface area contributed by atoms with Crippen LogP contribution < -0.4 is 4.90 Å². The van der Waals surface area contributed by atoms with Crippen LogP contribution in [0.3, 0.4) is 0 Å². The van der Waals surface area contributed by atoms with Gasteiger partial charge in [-0.3, -0.25) is 4.79 Å². The molecular formula is C13H13F3N2OS. The molecule has 0 radical (unpaired) electrons. The maximum absolute atomic E-state index is 12.5. The zero-order valence-electron chi connectivity index (χ0n) is 10.9. The van der Waals surface area contributed by atoms with Crippen molar-refractivity contribution in [2.75, 3.05) is 11.4 Å². The van der Waals surface area contributed by atoms with Crippen molar-refractivity contribution >= 4 is 28.5 Å². The Morgan fingerprint density at radius 1 is 1.35 bits per heavy atom. The van der Waals surface area contributed by atoms with Crippen molar-refractivity contribution in [3.63, 3.8) is 0 Å². The largest absolute Gasteiger partial charge is 0.416 e. The molecule has 108 valence electrons. The minimum absolute atomic E-state index is 0.232. The number of hydrogen-bond acceptors (Lipinski definition) is 2. The van der Waals surface area contributed by atoms with Gasteiger partial charge in [-0.1, -0.05) is 18.7 Å². The third kappa shape index (κ3) is 3.33. The van der Waals surface area contributed by atoms with Gasteiger partial charge in [-0.05, 0) is 24.3 Å². The minimum atomic E-state index is -4.35. The zero-order chi connectivity index (χ0) is 14.9. The highest BCUT2D eigenvalue weighted by atomic mass is 32.2. The van der Waals surface area contributed by atoms with E-state index in [1.165, 1.54) is 30.8 Å². The summed E-state index contributed by atoms with van der Waals surface area (Å²) < 4.78 is 37.6. The first-order valence-electron chi connectivity index (χ1n) is 5.98. The number of carbonyl (C=O) groups is 1. The number of hydrogen-bond donors (Lipinski definition) is 0. The molecule has 1 fully saturated rings. The smallest absolute Gasteiger partial charge is 0.320 e. The van der Waals surface area contributed by atoms with Crippen molar-refractivity contribution in [3.05, 3.63) is 29.8 Å². The van der Waals surface area contributed by atoms with Gasteiger partial charge >= 0.3 is 6.18 Å². The maximum atomic E-state index is 12.5. The number of anilines is 1. The molecule has 0 N–H and O–H groups in total. The molecule has 1 aliphatic rings. The molecule has 1 atom stereocenters. The molecule has 1 heterocycles. The lowest BCUT2D eigenvalue weighted by atomic mass is 10.2. The van der Waals surface area contributed by atoms with Crippen LogP contribution in [-0.4, -0.2) is 22.9 Å². The monoisotopic (exact) mass is 302 g/mol. The molecule has 0 spiro atoms. The number of halogens is 3. The van der Waals surface area contributed by atoms with Crippen LogP contribution in [0.5, 0.6) is 0 Å². The van der Waals surface area contributed by atoms with E-state index >= 15 is 0 Å². The number of amides is 1. The third-order valence-corrected chi connectivity index (χ3v) is 3.81. The van der Waals surface area contributed by atoms with Crippen LogP contribution in [0.2, 0.25) is 0 Å². The van der Waals surface area contributed by atoms with Gasteiger partial charge in [-0.2, -0.15) is 18.2 Å². The molecule has 1 unspecified atom stereocenters. The first kappa shape index (κ1) is 14.9. The molecule has 1 saturated heterocycles. The zero-order valence-corrected chi connectivity index (χ0v) is 11.8. The van der Waals surface area contributed by atoms with Crippen molar-refractivity contribution in [3.8, 4) is 0 Å². The van der Waals surface area contributed by atoms with E-state index in [4.69, 9.17) is 0 Å². The first-order chi connectivity index (χ1) is 9.27. The molecule has 0 saturated carbocycles. The lowest BCUT2D eigenvalue weighted by molar-refractivity contribution is -0.137. The number of carbonyl (C=O) groups excluding carboxylic acids is 1. The highest BCUT2D eigenvalue weighted by molar-refractivity contribution is 8.15. The van der Waals surface area contributed by atoms with Gasteiger partial charge in [0.2, 0.25) is 5.91 Å². The van der Waals surface area contributed by atoms with E-state index < -0.39 is 11.7 Å². The number of alkyl halides is 3. The van der Waals surface area contributed by atoms with Crippen LogP contribution in [0.1, 0.15) is 19.4 Å². The van der Waals surface area contributed by atoms with Crippen molar-refractivity contribution in [2.45, 2.75) is 25.3 Å². The van der Waals surface area contributed by atoms with Crippen molar-refractivity contribution in [2.24, 2.45) is 4.99 Å². The molecule has 2 rings (SSSR count). The van der Waals surface area contributed by atoms with E-state index in [2.05, 4.69) is 4.99 Å². The number of thioether (sulfide) groups is 1. The molecule has 1 aromatic rings. The molecule has 3 nitrogen and oxygen atoms in total. The Balaban J connectivity index is 2.28. The topological polar surface area (TPSA) is 32.7 Å². The predicted octanol–water partition coefficient (Wildman–Crippen LogP) is 3.55. The third-order valence-electron chi connectivity index (χ3n) is 2.74.